The Morgan fingerprint density at radius 1 is 1.29 bits per heavy atom. The Labute approximate surface area is 127 Å². The molecule has 2 aromatic heterocycles. The maximum Gasteiger partial charge on any atom is 0.193 e. The van der Waals surface area contributed by atoms with E-state index in [1.54, 1.807) is 11.3 Å². The van der Waals surface area contributed by atoms with Crippen LogP contribution >= 0.6 is 11.3 Å². The summed E-state index contributed by atoms with van der Waals surface area (Å²) in [5.41, 5.74) is 1.79. The summed E-state index contributed by atoms with van der Waals surface area (Å²) >= 11 is 1.60. The maximum atomic E-state index is 12.9. The molecular weight excluding hydrogens is 280 g/mol. The Morgan fingerprint density at radius 2 is 2.10 bits per heavy atom. The molecule has 0 aliphatic heterocycles. The lowest BCUT2D eigenvalue weighted by molar-refractivity contribution is -0.127. The molecule has 1 aliphatic carbocycles. The lowest BCUT2D eigenvalue weighted by atomic mass is 9.61. The second-order valence-electron chi connectivity index (χ2n) is 5.73. The van der Waals surface area contributed by atoms with E-state index in [0.29, 0.717) is 12.2 Å². The molecule has 1 saturated carbocycles. The number of hydrogen-bond donors (Lipinski definition) is 0. The molecule has 0 amide bonds. The number of ketones is 1. The van der Waals surface area contributed by atoms with Gasteiger partial charge in [0.2, 0.25) is 0 Å². The van der Waals surface area contributed by atoms with E-state index in [1.807, 2.05) is 40.4 Å². The zero-order valence-corrected chi connectivity index (χ0v) is 12.5. The highest BCUT2D eigenvalue weighted by Gasteiger charge is 2.44. The quantitative estimate of drug-likeness (QED) is 0.737. The summed E-state index contributed by atoms with van der Waals surface area (Å²) in [7, 11) is 0. The number of imidazole rings is 1. The fourth-order valence-corrected chi connectivity index (χ4v) is 3.93. The van der Waals surface area contributed by atoms with Crippen LogP contribution < -0.4 is 0 Å². The summed E-state index contributed by atoms with van der Waals surface area (Å²) in [6, 6.07) is 10.2. The molecule has 0 saturated heterocycles. The van der Waals surface area contributed by atoms with Crippen LogP contribution in [-0.2, 0) is 16.6 Å². The first-order valence-corrected chi connectivity index (χ1v) is 8.16. The Bertz CT molecular complexity index is 755. The van der Waals surface area contributed by atoms with Crippen molar-refractivity contribution >= 4 is 22.1 Å². The zero-order valence-electron chi connectivity index (χ0n) is 11.7. The summed E-state index contributed by atoms with van der Waals surface area (Å²) in [5.74, 6) is 0.311. The van der Waals surface area contributed by atoms with E-state index in [4.69, 9.17) is 0 Å². The van der Waals surface area contributed by atoms with E-state index in [2.05, 4.69) is 17.1 Å². The van der Waals surface area contributed by atoms with Crippen LogP contribution in [0.1, 0.15) is 30.5 Å². The van der Waals surface area contributed by atoms with Crippen molar-refractivity contribution in [2.24, 2.45) is 0 Å². The average Bonchev–Trinajstić information content (AvgIpc) is 2.99. The number of benzene rings is 1. The van der Waals surface area contributed by atoms with Crippen LogP contribution in [0.4, 0.5) is 0 Å². The number of nitrogens with zero attached hydrogens (tertiary/aromatic N) is 2. The smallest absolute Gasteiger partial charge is 0.193 e. The van der Waals surface area contributed by atoms with Crippen molar-refractivity contribution in [2.45, 2.75) is 31.1 Å². The van der Waals surface area contributed by atoms with Gasteiger partial charge in [-0.25, -0.2) is 4.98 Å². The monoisotopic (exact) mass is 296 g/mol. The molecule has 0 radical (unpaired) electrons. The second kappa shape index (κ2) is 4.81. The molecule has 106 valence electrons. The Hall–Kier alpha value is -1.94. The first-order valence-electron chi connectivity index (χ1n) is 7.28. The van der Waals surface area contributed by atoms with E-state index in [1.165, 1.54) is 5.56 Å². The fraction of sp³-hybridized carbons (Fsp3) is 0.294. The molecule has 0 unspecified atom stereocenters. The molecule has 3 aromatic rings. The van der Waals surface area contributed by atoms with Crippen molar-refractivity contribution in [2.75, 3.05) is 0 Å². The summed E-state index contributed by atoms with van der Waals surface area (Å²) in [6.45, 7) is 0. The Balaban J connectivity index is 1.62. The summed E-state index contributed by atoms with van der Waals surface area (Å²) in [5, 5.41) is 2.01. The predicted octanol–water partition coefficient (Wildman–Crippen LogP) is 3.63. The van der Waals surface area contributed by atoms with Gasteiger partial charge in [-0.1, -0.05) is 36.8 Å². The molecule has 0 bridgehead atoms. The van der Waals surface area contributed by atoms with Crippen molar-refractivity contribution in [3.8, 4) is 0 Å². The third-order valence-corrected chi connectivity index (χ3v) is 5.32. The van der Waals surface area contributed by atoms with Gasteiger partial charge >= 0.3 is 0 Å². The molecule has 4 rings (SSSR count). The number of rotatable bonds is 4. The van der Waals surface area contributed by atoms with Gasteiger partial charge < -0.3 is 0 Å². The van der Waals surface area contributed by atoms with Gasteiger partial charge in [0.05, 0.1) is 17.5 Å². The second-order valence-corrected chi connectivity index (χ2v) is 6.60. The lowest BCUT2D eigenvalue weighted by Crippen LogP contribution is -2.43. The number of fused-ring (bicyclic) bond motifs is 1. The van der Waals surface area contributed by atoms with Crippen molar-refractivity contribution in [1.82, 2.24) is 9.38 Å². The van der Waals surface area contributed by atoms with Crippen LogP contribution in [0.5, 0.6) is 0 Å². The third kappa shape index (κ3) is 2.02. The lowest BCUT2D eigenvalue weighted by Gasteiger charge is -2.41. The van der Waals surface area contributed by atoms with Crippen LogP contribution in [0.3, 0.4) is 0 Å². The van der Waals surface area contributed by atoms with Crippen molar-refractivity contribution in [1.29, 1.82) is 0 Å². The number of thiazole rings is 1. The van der Waals surface area contributed by atoms with Gasteiger partial charge in [-0.3, -0.25) is 9.20 Å². The first kappa shape index (κ1) is 12.8. The van der Waals surface area contributed by atoms with Crippen molar-refractivity contribution in [3.05, 3.63) is 59.4 Å². The molecule has 1 aromatic carbocycles. The van der Waals surface area contributed by atoms with Crippen LogP contribution in [0.2, 0.25) is 0 Å². The number of carbonyl (C=O) groups is 1. The fourth-order valence-electron chi connectivity index (χ4n) is 3.21. The van der Waals surface area contributed by atoms with Gasteiger partial charge in [-0.15, -0.1) is 11.3 Å². The molecule has 1 aliphatic rings. The van der Waals surface area contributed by atoms with Crippen LogP contribution in [0, 0.1) is 0 Å². The van der Waals surface area contributed by atoms with E-state index in [-0.39, 0.29) is 5.41 Å². The highest BCUT2D eigenvalue weighted by Crippen LogP contribution is 2.45. The number of aromatic nitrogens is 2. The van der Waals surface area contributed by atoms with E-state index >= 15 is 0 Å². The molecule has 21 heavy (non-hydrogen) atoms. The van der Waals surface area contributed by atoms with Crippen LogP contribution in [-0.4, -0.2) is 15.2 Å². The normalized spacial score (nSPS) is 16.8. The standard InChI is InChI=1S/C17H16N2OS/c20-15(11-14-12-19-9-10-21-16(19)18-14)17(7-4-8-17)13-5-2-1-3-6-13/h1-3,5-6,9-10,12H,4,7-8,11H2. The van der Waals surface area contributed by atoms with Gasteiger partial charge in [-0.05, 0) is 18.4 Å². The van der Waals surface area contributed by atoms with Gasteiger partial charge in [0, 0.05) is 17.8 Å². The minimum absolute atomic E-state index is 0.266. The Kier molecular flexibility index (Phi) is 2.93. The summed E-state index contributed by atoms with van der Waals surface area (Å²) in [6.07, 6.45) is 7.47. The highest BCUT2D eigenvalue weighted by molar-refractivity contribution is 7.15. The van der Waals surface area contributed by atoms with Gasteiger partial charge in [-0.2, -0.15) is 0 Å². The molecule has 0 N–H and O–H groups in total. The molecule has 0 atom stereocenters. The molecule has 0 spiro atoms. The van der Waals surface area contributed by atoms with Crippen molar-refractivity contribution < 1.29 is 4.79 Å². The topological polar surface area (TPSA) is 34.4 Å². The number of hydrogen-bond acceptors (Lipinski definition) is 3. The molecule has 3 nitrogen and oxygen atoms in total. The minimum atomic E-state index is -0.266. The summed E-state index contributed by atoms with van der Waals surface area (Å²) in [4.78, 5) is 18.4. The molecule has 4 heteroatoms. The first-order chi connectivity index (χ1) is 10.3. The van der Waals surface area contributed by atoms with Crippen LogP contribution in [0.15, 0.2) is 48.1 Å². The SMILES string of the molecule is O=C(Cc1cn2ccsc2n1)C1(c2ccccc2)CCC1. The van der Waals surface area contributed by atoms with E-state index < -0.39 is 0 Å². The number of Topliss-reactive ketones (excluding diaryl/α,β-unsaturated/α-hetero) is 1. The minimum Gasteiger partial charge on any atom is -0.298 e. The molecule has 2 heterocycles. The molecule has 1 fully saturated rings. The maximum absolute atomic E-state index is 12.9. The summed E-state index contributed by atoms with van der Waals surface area (Å²) < 4.78 is 1.99. The van der Waals surface area contributed by atoms with Gasteiger partial charge in [0.25, 0.3) is 0 Å². The highest BCUT2D eigenvalue weighted by atomic mass is 32.1. The average molecular weight is 296 g/mol. The van der Waals surface area contributed by atoms with Crippen molar-refractivity contribution in [3.63, 3.8) is 0 Å². The third-order valence-electron chi connectivity index (χ3n) is 4.55. The largest absolute Gasteiger partial charge is 0.298 e. The van der Waals surface area contributed by atoms with E-state index in [9.17, 15) is 4.79 Å². The zero-order chi connectivity index (χ0) is 14.3. The predicted molar refractivity (Wildman–Crippen MR) is 83.8 cm³/mol. The molecular formula is C17H16N2OS. The Morgan fingerprint density at radius 3 is 2.76 bits per heavy atom. The van der Waals surface area contributed by atoms with Gasteiger partial charge in [0.1, 0.15) is 5.78 Å². The van der Waals surface area contributed by atoms with Gasteiger partial charge in [0.15, 0.2) is 4.96 Å². The van der Waals surface area contributed by atoms with E-state index in [0.717, 1.165) is 29.9 Å². The van der Waals surface area contributed by atoms with Crippen LogP contribution in [0.25, 0.3) is 4.96 Å². The number of carbonyl (C=O) groups excluding carboxylic acids is 1.